The Morgan fingerprint density at radius 1 is 1.12 bits per heavy atom. The van der Waals surface area contributed by atoms with E-state index in [1.165, 1.54) is 12.1 Å². The van der Waals surface area contributed by atoms with E-state index in [9.17, 15) is 9.18 Å². The summed E-state index contributed by atoms with van der Waals surface area (Å²) in [6.45, 7) is 3.99. The number of nitrogens with zero attached hydrogens (tertiary/aromatic N) is 5. The summed E-state index contributed by atoms with van der Waals surface area (Å²) in [5.41, 5.74) is 7.23. The van der Waals surface area contributed by atoms with Crippen LogP contribution in [0.25, 0.3) is 22.7 Å². The van der Waals surface area contributed by atoms with Crippen LogP contribution in [0.15, 0.2) is 28.7 Å². The van der Waals surface area contributed by atoms with E-state index >= 15 is 0 Å². The highest BCUT2D eigenvalue weighted by atomic mass is 19.1. The summed E-state index contributed by atoms with van der Waals surface area (Å²) in [7, 11) is 0. The molecule has 26 heavy (non-hydrogen) atoms. The lowest BCUT2D eigenvalue weighted by molar-refractivity contribution is -0.129. The van der Waals surface area contributed by atoms with Gasteiger partial charge in [0.2, 0.25) is 17.7 Å². The fraction of sp³-hybridized carbons (Fsp3) is 0.294. The van der Waals surface area contributed by atoms with Gasteiger partial charge in [-0.3, -0.25) is 4.79 Å². The predicted molar refractivity (Wildman–Crippen MR) is 93.9 cm³/mol. The van der Waals surface area contributed by atoms with Gasteiger partial charge in [0.15, 0.2) is 11.3 Å². The summed E-state index contributed by atoms with van der Waals surface area (Å²) in [5, 5.41) is 0. The minimum atomic E-state index is -0.335. The summed E-state index contributed by atoms with van der Waals surface area (Å²) >= 11 is 0. The Morgan fingerprint density at radius 2 is 1.81 bits per heavy atom. The predicted octanol–water partition coefficient (Wildman–Crippen LogP) is 1.67. The van der Waals surface area contributed by atoms with Crippen LogP contribution in [0.5, 0.6) is 0 Å². The third-order valence-electron chi connectivity index (χ3n) is 4.37. The molecule has 3 heterocycles. The van der Waals surface area contributed by atoms with E-state index in [4.69, 9.17) is 10.2 Å². The lowest BCUT2D eigenvalue weighted by Crippen LogP contribution is -2.48. The summed E-state index contributed by atoms with van der Waals surface area (Å²) < 4.78 is 18.8. The number of fused-ring (bicyclic) bond motifs is 1. The molecule has 2 N–H and O–H groups in total. The first-order valence-corrected chi connectivity index (χ1v) is 8.22. The molecule has 8 nitrogen and oxygen atoms in total. The number of benzene rings is 1. The SMILES string of the molecule is CC(=O)N1CCN(c2nc(N)nc3oc(-c4ccc(F)cc4)nc23)CC1. The first-order valence-electron chi connectivity index (χ1n) is 8.22. The van der Waals surface area contributed by atoms with Gasteiger partial charge in [-0.2, -0.15) is 9.97 Å². The number of anilines is 2. The zero-order chi connectivity index (χ0) is 18.3. The van der Waals surface area contributed by atoms with Crippen molar-refractivity contribution in [1.82, 2.24) is 19.9 Å². The molecule has 0 saturated carbocycles. The molecule has 0 aliphatic carbocycles. The lowest BCUT2D eigenvalue weighted by atomic mass is 10.2. The van der Waals surface area contributed by atoms with Crippen molar-refractivity contribution in [3.05, 3.63) is 30.1 Å². The molecule has 0 bridgehead atoms. The maximum atomic E-state index is 13.1. The molecule has 0 radical (unpaired) electrons. The molecule has 134 valence electrons. The molecule has 4 rings (SSSR count). The average Bonchev–Trinajstić information content (AvgIpc) is 3.05. The van der Waals surface area contributed by atoms with Crippen LogP contribution in [0.2, 0.25) is 0 Å². The number of aromatic nitrogens is 3. The van der Waals surface area contributed by atoms with Crippen LogP contribution in [0.3, 0.4) is 0 Å². The van der Waals surface area contributed by atoms with Gasteiger partial charge >= 0.3 is 0 Å². The summed E-state index contributed by atoms with van der Waals surface area (Å²) in [6.07, 6.45) is 0. The molecule has 1 aliphatic heterocycles. The number of rotatable bonds is 2. The molecular formula is C17H17FN6O2. The first-order chi connectivity index (χ1) is 12.5. The van der Waals surface area contributed by atoms with Crippen LogP contribution in [0, 0.1) is 5.82 Å². The third kappa shape index (κ3) is 2.92. The van der Waals surface area contributed by atoms with Gasteiger partial charge in [-0.25, -0.2) is 9.37 Å². The fourth-order valence-electron chi connectivity index (χ4n) is 2.99. The van der Waals surface area contributed by atoms with Crippen LogP contribution in [-0.2, 0) is 4.79 Å². The zero-order valence-electron chi connectivity index (χ0n) is 14.1. The number of halogens is 1. The second kappa shape index (κ2) is 6.25. The van der Waals surface area contributed by atoms with E-state index in [0.29, 0.717) is 49.0 Å². The van der Waals surface area contributed by atoms with Crippen LogP contribution in [0.1, 0.15) is 6.92 Å². The van der Waals surface area contributed by atoms with Crippen molar-refractivity contribution in [3.63, 3.8) is 0 Å². The summed E-state index contributed by atoms with van der Waals surface area (Å²) in [5.74, 6) is 0.703. The van der Waals surface area contributed by atoms with Gasteiger partial charge in [0.1, 0.15) is 5.82 Å². The number of carbonyl (C=O) groups is 1. The van der Waals surface area contributed by atoms with E-state index in [2.05, 4.69) is 15.0 Å². The Balaban J connectivity index is 1.71. The van der Waals surface area contributed by atoms with Crippen molar-refractivity contribution in [2.75, 3.05) is 36.8 Å². The quantitative estimate of drug-likeness (QED) is 0.745. The van der Waals surface area contributed by atoms with Gasteiger partial charge in [0, 0.05) is 38.7 Å². The Morgan fingerprint density at radius 3 is 2.46 bits per heavy atom. The third-order valence-corrected chi connectivity index (χ3v) is 4.37. The molecule has 1 aliphatic rings. The first kappa shape index (κ1) is 16.2. The highest BCUT2D eigenvalue weighted by Gasteiger charge is 2.24. The number of nitrogens with two attached hydrogens (primary N) is 1. The molecule has 1 amide bonds. The minimum Gasteiger partial charge on any atom is -0.417 e. The van der Waals surface area contributed by atoms with Gasteiger partial charge in [0.25, 0.3) is 5.71 Å². The topological polar surface area (TPSA) is 101 Å². The van der Waals surface area contributed by atoms with E-state index in [0.717, 1.165) is 0 Å². The van der Waals surface area contributed by atoms with Crippen LogP contribution < -0.4 is 10.6 Å². The highest BCUT2D eigenvalue weighted by molar-refractivity contribution is 5.85. The van der Waals surface area contributed by atoms with Crippen LogP contribution in [-0.4, -0.2) is 51.9 Å². The Kier molecular flexibility index (Phi) is 3.90. The van der Waals surface area contributed by atoms with Crippen LogP contribution >= 0.6 is 0 Å². The lowest BCUT2D eigenvalue weighted by Gasteiger charge is -2.34. The molecule has 0 atom stereocenters. The summed E-state index contributed by atoms with van der Waals surface area (Å²) in [4.78, 5) is 28.2. The number of nitrogen functional groups attached to an aromatic ring is 1. The second-order valence-corrected chi connectivity index (χ2v) is 6.08. The standard InChI is InChI=1S/C17H17FN6O2/c1-10(25)23-6-8-24(9-7-23)14-13-16(22-17(19)21-14)26-15(20-13)11-2-4-12(18)5-3-11/h2-5H,6-9H2,1H3,(H2,19,21,22). The number of carbonyl (C=O) groups excluding carboxylic acids is 1. The fourth-order valence-corrected chi connectivity index (χ4v) is 2.99. The van der Waals surface area contributed by atoms with Crippen molar-refractivity contribution >= 4 is 28.9 Å². The van der Waals surface area contributed by atoms with Gasteiger partial charge in [-0.1, -0.05) is 0 Å². The molecule has 2 aromatic heterocycles. The van der Waals surface area contributed by atoms with Gasteiger partial charge in [0.05, 0.1) is 0 Å². The molecule has 1 saturated heterocycles. The molecular weight excluding hydrogens is 339 g/mol. The smallest absolute Gasteiger partial charge is 0.254 e. The van der Waals surface area contributed by atoms with Crippen molar-refractivity contribution in [3.8, 4) is 11.5 Å². The van der Waals surface area contributed by atoms with Gasteiger partial charge in [-0.05, 0) is 24.3 Å². The summed E-state index contributed by atoms with van der Waals surface area (Å²) in [6, 6.07) is 5.85. The maximum absolute atomic E-state index is 13.1. The van der Waals surface area contributed by atoms with Gasteiger partial charge in [-0.15, -0.1) is 0 Å². The van der Waals surface area contributed by atoms with E-state index in [-0.39, 0.29) is 23.4 Å². The van der Waals surface area contributed by atoms with Crippen molar-refractivity contribution in [2.24, 2.45) is 0 Å². The normalized spacial score (nSPS) is 14.8. The van der Waals surface area contributed by atoms with E-state index in [1.54, 1.807) is 24.0 Å². The van der Waals surface area contributed by atoms with Gasteiger partial charge < -0.3 is 20.0 Å². The number of piperazine rings is 1. The zero-order valence-corrected chi connectivity index (χ0v) is 14.1. The van der Waals surface area contributed by atoms with Crippen molar-refractivity contribution in [1.29, 1.82) is 0 Å². The molecule has 0 spiro atoms. The average molecular weight is 356 g/mol. The number of oxazole rings is 1. The minimum absolute atomic E-state index is 0.0528. The number of hydrogen-bond donors (Lipinski definition) is 1. The Labute approximate surface area is 148 Å². The second-order valence-electron chi connectivity index (χ2n) is 6.08. The molecule has 1 fully saturated rings. The Bertz CT molecular complexity index is 963. The van der Waals surface area contributed by atoms with Crippen molar-refractivity contribution < 1.29 is 13.6 Å². The highest BCUT2D eigenvalue weighted by Crippen LogP contribution is 2.29. The largest absolute Gasteiger partial charge is 0.417 e. The Hall–Kier alpha value is -3.23. The molecule has 0 unspecified atom stereocenters. The monoisotopic (exact) mass is 356 g/mol. The molecule has 9 heteroatoms. The van der Waals surface area contributed by atoms with E-state index in [1.807, 2.05) is 4.90 Å². The van der Waals surface area contributed by atoms with Crippen molar-refractivity contribution in [2.45, 2.75) is 6.92 Å². The van der Waals surface area contributed by atoms with Crippen LogP contribution in [0.4, 0.5) is 16.2 Å². The van der Waals surface area contributed by atoms with E-state index < -0.39 is 0 Å². The molecule has 3 aromatic rings. The number of amides is 1. The maximum Gasteiger partial charge on any atom is 0.254 e. The number of hydrogen-bond acceptors (Lipinski definition) is 7. The molecule has 1 aromatic carbocycles.